The lowest BCUT2D eigenvalue weighted by atomic mass is 10.2. The molecule has 3 rings (SSSR count). The van der Waals surface area contributed by atoms with Gasteiger partial charge in [0.05, 0.1) is 5.52 Å². The van der Waals surface area contributed by atoms with Gasteiger partial charge in [-0.2, -0.15) is 0 Å². The first kappa shape index (κ1) is 12.3. The van der Waals surface area contributed by atoms with Crippen molar-refractivity contribution in [2.75, 3.05) is 5.12 Å². The fourth-order valence-electron chi connectivity index (χ4n) is 2.06. The highest BCUT2D eigenvalue weighted by Crippen LogP contribution is 2.22. The molecule has 100 valence electrons. The molecule has 0 atom stereocenters. The van der Waals surface area contributed by atoms with Gasteiger partial charge in [0.15, 0.2) is 0 Å². The van der Waals surface area contributed by atoms with E-state index < -0.39 is 17.5 Å². The van der Waals surface area contributed by atoms with Crippen LogP contribution in [0.15, 0.2) is 60.8 Å². The van der Waals surface area contributed by atoms with Crippen molar-refractivity contribution in [1.29, 1.82) is 0 Å². The van der Waals surface area contributed by atoms with E-state index in [2.05, 4.69) is 0 Å². The van der Waals surface area contributed by atoms with Crippen LogP contribution in [0.5, 0.6) is 0 Å². The predicted octanol–water partition coefficient (Wildman–Crippen LogP) is 4.14. The highest BCUT2D eigenvalue weighted by molar-refractivity contribution is 5.98. The Balaban J connectivity index is 2.03. The molecule has 3 aromatic rings. The Bertz CT molecular complexity index is 782. The van der Waals surface area contributed by atoms with Gasteiger partial charge in [-0.25, -0.2) is 9.18 Å². The molecule has 0 bridgehead atoms. The van der Waals surface area contributed by atoms with E-state index in [1.165, 1.54) is 24.4 Å². The van der Waals surface area contributed by atoms with Gasteiger partial charge in [-0.15, -0.1) is 5.12 Å². The van der Waals surface area contributed by atoms with Crippen molar-refractivity contribution < 1.29 is 13.7 Å². The average molecular weight is 272 g/mol. The molecule has 1 amide bonds. The third-order valence-corrected chi connectivity index (χ3v) is 3.04. The van der Waals surface area contributed by atoms with Gasteiger partial charge in [-0.05, 0) is 24.3 Å². The third kappa shape index (κ3) is 1.93. The van der Waals surface area contributed by atoms with Crippen molar-refractivity contribution in [2.24, 2.45) is 0 Å². The summed E-state index contributed by atoms with van der Waals surface area (Å²) in [6.45, 7) is 0. The maximum atomic E-state index is 14.1. The Hall–Kier alpha value is -2.69. The Morgan fingerprint density at radius 1 is 1.00 bits per heavy atom. The van der Waals surface area contributed by atoms with Gasteiger partial charge in [0.25, 0.3) is 0 Å². The molecular weight excluding hydrogens is 262 g/mol. The third-order valence-electron chi connectivity index (χ3n) is 3.04. The molecule has 0 unspecified atom stereocenters. The summed E-state index contributed by atoms with van der Waals surface area (Å²) >= 11 is 0. The summed E-state index contributed by atoms with van der Waals surface area (Å²) in [5.41, 5.74) is 0.159. The molecule has 0 spiro atoms. The number of fused-ring (bicyclic) bond motifs is 1. The Morgan fingerprint density at radius 3 is 2.50 bits per heavy atom. The molecule has 0 saturated heterocycles. The number of rotatable bonds is 1. The number of para-hydroxylation sites is 2. The van der Waals surface area contributed by atoms with Crippen molar-refractivity contribution in [1.82, 2.24) is 4.57 Å². The largest absolute Gasteiger partial charge is 0.361 e. The van der Waals surface area contributed by atoms with Crippen LogP contribution in [0.25, 0.3) is 10.9 Å². The fraction of sp³-hybridized carbons (Fsp3) is 0. The number of carbonyl (C=O) groups is 1. The van der Waals surface area contributed by atoms with E-state index >= 15 is 0 Å². The van der Waals surface area contributed by atoms with E-state index in [4.69, 9.17) is 0 Å². The summed E-state index contributed by atoms with van der Waals surface area (Å²) in [7, 11) is 0. The molecule has 0 fully saturated rings. The summed E-state index contributed by atoms with van der Waals surface area (Å²) in [6.07, 6.45) is 1.46. The summed E-state index contributed by atoms with van der Waals surface area (Å²) < 4.78 is 28.8. The zero-order valence-electron chi connectivity index (χ0n) is 10.3. The topological polar surface area (TPSA) is 25.2 Å². The first-order valence-electron chi connectivity index (χ1n) is 5.99. The van der Waals surface area contributed by atoms with E-state index in [-0.39, 0.29) is 5.12 Å². The highest BCUT2D eigenvalue weighted by atomic mass is 19.2. The Kier molecular flexibility index (Phi) is 2.95. The second kappa shape index (κ2) is 4.77. The first-order chi connectivity index (χ1) is 9.68. The SMILES string of the molecule is O=C(N(F)c1ccccc1F)n1ccc2ccccc21. The number of anilines is 1. The maximum Gasteiger partial charge on any atom is 0.361 e. The zero-order valence-corrected chi connectivity index (χ0v) is 10.3. The molecule has 0 N–H and O–H groups in total. The zero-order chi connectivity index (χ0) is 14.1. The number of halogens is 2. The number of nitrogens with zero attached hydrogens (tertiary/aromatic N) is 2. The molecule has 2 aromatic carbocycles. The van der Waals surface area contributed by atoms with Crippen molar-refractivity contribution in [2.45, 2.75) is 0 Å². The maximum absolute atomic E-state index is 14.1. The lowest BCUT2D eigenvalue weighted by Crippen LogP contribution is -2.27. The summed E-state index contributed by atoms with van der Waals surface area (Å²) in [5, 5.41) is 0.615. The van der Waals surface area contributed by atoms with Crippen molar-refractivity contribution >= 4 is 22.6 Å². The Morgan fingerprint density at radius 2 is 1.70 bits per heavy atom. The molecule has 5 heteroatoms. The minimum atomic E-state index is -0.962. The standard InChI is InChI=1S/C15H10F2N2O/c16-12-6-2-4-8-14(12)19(17)15(20)18-10-9-11-5-1-3-7-13(11)18/h1-10H. The lowest BCUT2D eigenvalue weighted by molar-refractivity contribution is 0.235. The van der Waals surface area contributed by atoms with Gasteiger partial charge in [-0.1, -0.05) is 34.8 Å². The van der Waals surface area contributed by atoms with Crippen LogP contribution in [-0.2, 0) is 0 Å². The van der Waals surface area contributed by atoms with Crippen LogP contribution in [0.2, 0.25) is 0 Å². The number of hydrogen-bond acceptors (Lipinski definition) is 1. The predicted molar refractivity (Wildman–Crippen MR) is 72.7 cm³/mol. The van der Waals surface area contributed by atoms with Crippen molar-refractivity contribution in [3.05, 3.63) is 66.6 Å². The number of carbonyl (C=O) groups excluding carboxylic acids is 1. The molecule has 0 saturated carbocycles. The van der Waals surface area contributed by atoms with Gasteiger partial charge in [0, 0.05) is 11.6 Å². The minimum absolute atomic E-state index is 0.193. The van der Waals surface area contributed by atoms with Crippen LogP contribution in [0.4, 0.5) is 19.4 Å². The molecular formula is C15H10F2N2O. The molecule has 0 aliphatic heterocycles. The van der Waals surface area contributed by atoms with E-state index in [1.54, 1.807) is 18.2 Å². The minimum Gasteiger partial charge on any atom is -0.267 e. The molecule has 1 heterocycles. The van der Waals surface area contributed by atoms with Gasteiger partial charge in [0.2, 0.25) is 0 Å². The van der Waals surface area contributed by atoms with Crippen LogP contribution in [-0.4, -0.2) is 10.6 Å². The molecule has 0 radical (unpaired) electrons. The van der Waals surface area contributed by atoms with Gasteiger partial charge >= 0.3 is 6.03 Å². The van der Waals surface area contributed by atoms with Crippen LogP contribution in [0.3, 0.4) is 0 Å². The summed E-state index contributed by atoms with van der Waals surface area (Å²) in [6, 6.07) is 13.0. The average Bonchev–Trinajstić information content (AvgIpc) is 2.90. The Labute approximate surface area is 113 Å². The number of aromatic nitrogens is 1. The van der Waals surface area contributed by atoms with Crippen molar-refractivity contribution in [3.8, 4) is 0 Å². The van der Waals surface area contributed by atoms with E-state index in [1.807, 2.05) is 12.1 Å². The second-order valence-corrected chi connectivity index (χ2v) is 4.26. The van der Waals surface area contributed by atoms with E-state index in [0.29, 0.717) is 5.52 Å². The highest BCUT2D eigenvalue weighted by Gasteiger charge is 2.21. The fourth-order valence-corrected chi connectivity index (χ4v) is 2.06. The van der Waals surface area contributed by atoms with Gasteiger partial charge < -0.3 is 0 Å². The lowest BCUT2D eigenvalue weighted by Gasteiger charge is -2.13. The van der Waals surface area contributed by atoms with Crippen LogP contribution < -0.4 is 5.12 Å². The smallest absolute Gasteiger partial charge is 0.267 e. The summed E-state index contributed by atoms with van der Waals surface area (Å²) in [4.78, 5) is 12.1. The van der Waals surface area contributed by atoms with E-state index in [0.717, 1.165) is 16.0 Å². The summed E-state index contributed by atoms with van der Waals surface area (Å²) in [5.74, 6) is -0.792. The van der Waals surface area contributed by atoms with Crippen molar-refractivity contribution in [3.63, 3.8) is 0 Å². The second-order valence-electron chi connectivity index (χ2n) is 4.26. The number of benzene rings is 2. The van der Waals surface area contributed by atoms with Gasteiger partial charge in [-0.3, -0.25) is 4.57 Å². The molecule has 0 aliphatic carbocycles. The van der Waals surface area contributed by atoms with Crippen LogP contribution in [0.1, 0.15) is 0 Å². The van der Waals surface area contributed by atoms with Gasteiger partial charge in [0.1, 0.15) is 11.5 Å². The normalized spacial score (nSPS) is 10.7. The molecule has 20 heavy (non-hydrogen) atoms. The molecule has 0 aliphatic rings. The number of amides is 1. The van der Waals surface area contributed by atoms with Crippen LogP contribution >= 0.6 is 0 Å². The van der Waals surface area contributed by atoms with Crippen LogP contribution in [0, 0.1) is 5.82 Å². The van der Waals surface area contributed by atoms with E-state index in [9.17, 15) is 13.7 Å². The first-order valence-corrected chi connectivity index (χ1v) is 5.99. The quantitative estimate of drug-likeness (QED) is 0.611. The molecule has 3 nitrogen and oxygen atoms in total. The molecule has 1 aromatic heterocycles. The monoisotopic (exact) mass is 272 g/mol. The number of hydrogen-bond donors (Lipinski definition) is 0.